The van der Waals surface area contributed by atoms with Crippen LogP contribution in [-0.2, 0) is 4.79 Å². The third-order valence-electron chi connectivity index (χ3n) is 4.19. The molecule has 3 rings (SSSR count). The molecule has 1 atom stereocenters. The van der Waals surface area contributed by atoms with Crippen LogP contribution in [0, 0.1) is 0 Å². The number of benzene rings is 2. The zero-order valence-electron chi connectivity index (χ0n) is 15.1. The Labute approximate surface area is 166 Å². The molecule has 3 aromatic rings. The van der Waals surface area contributed by atoms with Crippen molar-refractivity contribution in [3.63, 3.8) is 0 Å². The molecule has 0 saturated carbocycles. The van der Waals surface area contributed by atoms with Gasteiger partial charge in [0.2, 0.25) is 5.91 Å². The Morgan fingerprint density at radius 2 is 1.93 bits per heavy atom. The molecular formula is C20H20ClN3O2S. The predicted octanol–water partition coefficient (Wildman–Crippen LogP) is 4.05. The van der Waals surface area contributed by atoms with Crippen molar-refractivity contribution in [1.29, 1.82) is 0 Å². The van der Waals surface area contributed by atoms with Crippen LogP contribution >= 0.6 is 23.4 Å². The third-order valence-corrected chi connectivity index (χ3v) is 5.45. The first-order chi connectivity index (χ1) is 13.0. The monoisotopic (exact) mass is 401 g/mol. The normalized spacial score (nSPS) is 12.1. The second kappa shape index (κ2) is 8.59. The highest BCUT2D eigenvalue weighted by atomic mass is 35.5. The Balaban J connectivity index is 2.05. The number of hydrogen-bond donors (Lipinski definition) is 1. The molecule has 1 heterocycles. The first-order valence-electron chi connectivity index (χ1n) is 8.70. The van der Waals surface area contributed by atoms with Crippen molar-refractivity contribution in [3.8, 4) is 5.69 Å². The van der Waals surface area contributed by atoms with Gasteiger partial charge in [-0.2, -0.15) is 0 Å². The standard InChI is InChI=1S/C20H20ClN3O2S/c1-3-13(2)22-18(25)12-27-20-23-16-10-6-4-8-14(16)19(26)24(20)17-11-7-5-9-15(17)21/h4-11,13H,3,12H2,1-2H3,(H,22,25)/t13-/m0/s1. The van der Waals surface area contributed by atoms with Gasteiger partial charge in [0.15, 0.2) is 5.16 Å². The highest BCUT2D eigenvalue weighted by molar-refractivity contribution is 7.99. The topological polar surface area (TPSA) is 64.0 Å². The summed E-state index contributed by atoms with van der Waals surface area (Å²) < 4.78 is 1.48. The second-order valence-corrected chi connectivity index (χ2v) is 7.52. The predicted molar refractivity (Wildman–Crippen MR) is 111 cm³/mol. The van der Waals surface area contributed by atoms with Crippen molar-refractivity contribution in [1.82, 2.24) is 14.9 Å². The summed E-state index contributed by atoms with van der Waals surface area (Å²) in [5, 5.41) is 4.31. The molecular weight excluding hydrogens is 382 g/mol. The van der Waals surface area contributed by atoms with E-state index in [2.05, 4.69) is 10.3 Å². The van der Waals surface area contributed by atoms with E-state index in [1.807, 2.05) is 26.0 Å². The van der Waals surface area contributed by atoms with Crippen molar-refractivity contribution in [2.45, 2.75) is 31.5 Å². The van der Waals surface area contributed by atoms with Crippen LogP contribution in [0.25, 0.3) is 16.6 Å². The fourth-order valence-electron chi connectivity index (χ4n) is 2.60. The van der Waals surface area contributed by atoms with Gasteiger partial charge < -0.3 is 5.32 Å². The van der Waals surface area contributed by atoms with Gasteiger partial charge in [0.05, 0.1) is 27.4 Å². The maximum atomic E-state index is 13.1. The lowest BCUT2D eigenvalue weighted by Crippen LogP contribution is -2.33. The average molecular weight is 402 g/mol. The van der Waals surface area contributed by atoms with E-state index in [4.69, 9.17) is 11.6 Å². The molecule has 27 heavy (non-hydrogen) atoms. The molecule has 0 spiro atoms. The summed E-state index contributed by atoms with van der Waals surface area (Å²) in [7, 11) is 0. The van der Waals surface area contributed by atoms with Crippen molar-refractivity contribution in [2.75, 3.05) is 5.75 Å². The molecule has 7 heteroatoms. The lowest BCUT2D eigenvalue weighted by molar-refractivity contribution is -0.119. The van der Waals surface area contributed by atoms with E-state index in [1.54, 1.807) is 36.4 Å². The maximum Gasteiger partial charge on any atom is 0.266 e. The van der Waals surface area contributed by atoms with E-state index in [9.17, 15) is 9.59 Å². The van der Waals surface area contributed by atoms with Gasteiger partial charge in [-0.15, -0.1) is 0 Å². The summed E-state index contributed by atoms with van der Waals surface area (Å²) in [6.45, 7) is 3.97. The number of nitrogens with zero attached hydrogens (tertiary/aromatic N) is 2. The molecule has 0 bridgehead atoms. The van der Waals surface area contributed by atoms with Gasteiger partial charge >= 0.3 is 0 Å². The number of halogens is 1. The van der Waals surface area contributed by atoms with Crippen LogP contribution in [-0.4, -0.2) is 27.3 Å². The van der Waals surface area contributed by atoms with E-state index < -0.39 is 0 Å². The van der Waals surface area contributed by atoms with Gasteiger partial charge in [0.25, 0.3) is 5.56 Å². The first kappa shape index (κ1) is 19.5. The molecule has 0 aliphatic carbocycles. The zero-order chi connectivity index (χ0) is 19.4. The first-order valence-corrected chi connectivity index (χ1v) is 10.1. The van der Waals surface area contributed by atoms with Crippen LogP contribution in [0.15, 0.2) is 58.5 Å². The Kier molecular flexibility index (Phi) is 6.19. The second-order valence-electron chi connectivity index (χ2n) is 6.17. The Hall–Kier alpha value is -2.31. The van der Waals surface area contributed by atoms with Crippen LogP contribution < -0.4 is 10.9 Å². The van der Waals surface area contributed by atoms with E-state index >= 15 is 0 Å². The van der Waals surface area contributed by atoms with E-state index in [-0.39, 0.29) is 23.3 Å². The molecule has 5 nitrogen and oxygen atoms in total. The number of hydrogen-bond acceptors (Lipinski definition) is 4. The number of nitrogens with one attached hydrogen (secondary N) is 1. The SMILES string of the molecule is CC[C@H](C)NC(=O)CSc1nc2ccccc2c(=O)n1-c1ccccc1Cl. The molecule has 0 radical (unpaired) electrons. The smallest absolute Gasteiger partial charge is 0.266 e. The van der Waals surface area contributed by atoms with Gasteiger partial charge in [0, 0.05) is 6.04 Å². The highest BCUT2D eigenvalue weighted by Gasteiger charge is 2.16. The number of thioether (sulfide) groups is 1. The molecule has 2 aromatic carbocycles. The third kappa shape index (κ3) is 4.34. The van der Waals surface area contributed by atoms with Gasteiger partial charge in [-0.3, -0.25) is 14.2 Å². The minimum Gasteiger partial charge on any atom is -0.353 e. The van der Waals surface area contributed by atoms with Gasteiger partial charge in [-0.05, 0) is 37.6 Å². The molecule has 0 fully saturated rings. The van der Waals surface area contributed by atoms with Crippen LogP contribution in [0.3, 0.4) is 0 Å². The van der Waals surface area contributed by atoms with E-state index in [0.29, 0.717) is 26.8 Å². The molecule has 0 aliphatic heterocycles. The molecule has 1 amide bonds. The van der Waals surface area contributed by atoms with Crippen molar-refractivity contribution in [3.05, 3.63) is 63.9 Å². The van der Waals surface area contributed by atoms with Gasteiger partial charge in [0.1, 0.15) is 0 Å². The van der Waals surface area contributed by atoms with Crippen molar-refractivity contribution < 1.29 is 4.79 Å². The molecule has 0 aliphatic rings. The zero-order valence-corrected chi connectivity index (χ0v) is 16.7. The fraction of sp³-hybridized carbons (Fsp3) is 0.250. The largest absolute Gasteiger partial charge is 0.353 e. The number of carbonyl (C=O) groups excluding carboxylic acids is 1. The molecule has 140 valence electrons. The number of aromatic nitrogens is 2. The molecule has 1 aromatic heterocycles. The molecule has 0 saturated heterocycles. The van der Waals surface area contributed by atoms with Crippen LogP contribution in [0.4, 0.5) is 0 Å². The highest BCUT2D eigenvalue weighted by Crippen LogP contribution is 2.25. The van der Waals surface area contributed by atoms with Crippen molar-refractivity contribution >= 4 is 40.2 Å². The number of amides is 1. The average Bonchev–Trinajstić information content (AvgIpc) is 2.67. The quantitative estimate of drug-likeness (QED) is 0.500. The molecule has 1 N–H and O–H groups in total. The van der Waals surface area contributed by atoms with E-state index in [0.717, 1.165) is 6.42 Å². The van der Waals surface area contributed by atoms with Gasteiger partial charge in [-0.1, -0.05) is 54.6 Å². The van der Waals surface area contributed by atoms with Crippen LogP contribution in [0.1, 0.15) is 20.3 Å². The fourth-order valence-corrected chi connectivity index (χ4v) is 3.64. The van der Waals surface area contributed by atoms with E-state index in [1.165, 1.54) is 16.3 Å². The van der Waals surface area contributed by atoms with Gasteiger partial charge in [-0.25, -0.2) is 4.98 Å². The lowest BCUT2D eigenvalue weighted by Gasteiger charge is -2.15. The van der Waals surface area contributed by atoms with Crippen molar-refractivity contribution in [2.24, 2.45) is 0 Å². The minimum atomic E-state index is -0.210. The Bertz CT molecular complexity index is 1040. The van der Waals surface area contributed by atoms with Crippen LogP contribution in [0.5, 0.6) is 0 Å². The lowest BCUT2D eigenvalue weighted by atomic mass is 10.2. The minimum absolute atomic E-state index is 0.0949. The van der Waals surface area contributed by atoms with Crippen LogP contribution in [0.2, 0.25) is 5.02 Å². The molecule has 0 unspecified atom stereocenters. The summed E-state index contributed by atoms with van der Waals surface area (Å²) in [5.41, 5.74) is 0.932. The summed E-state index contributed by atoms with van der Waals surface area (Å²) in [6.07, 6.45) is 0.856. The summed E-state index contributed by atoms with van der Waals surface area (Å²) in [6, 6.07) is 14.4. The Morgan fingerprint density at radius 3 is 2.67 bits per heavy atom. The maximum absolute atomic E-state index is 13.1. The number of rotatable bonds is 6. The number of carbonyl (C=O) groups is 1. The Morgan fingerprint density at radius 1 is 1.22 bits per heavy atom. The number of para-hydroxylation sites is 2. The number of fused-ring (bicyclic) bond motifs is 1. The summed E-state index contributed by atoms with van der Waals surface area (Å²) in [5.74, 6) is 0.0713. The summed E-state index contributed by atoms with van der Waals surface area (Å²) in [4.78, 5) is 29.9. The summed E-state index contributed by atoms with van der Waals surface area (Å²) >= 11 is 7.55.